The zero-order valence-electron chi connectivity index (χ0n) is 11.7. The lowest BCUT2D eigenvalue weighted by molar-refractivity contribution is 0.411. The number of ether oxygens (including phenoxy) is 1. The molecule has 0 atom stereocenters. The van der Waals surface area contributed by atoms with Crippen molar-refractivity contribution in [2.45, 2.75) is 6.42 Å². The van der Waals surface area contributed by atoms with Gasteiger partial charge in [0.2, 0.25) is 0 Å². The van der Waals surface area contributed by atoms with Crippen LogP contribution in [0.1, 0.15) is 5.56 Å². The van der Waals surface area contributed by atoms with Gasteiger partial charge in [0.1, 0.15) is 11.6 Å². The Bertz CT molecular complexity index is 560. The number of benzene rings is 2. The SMILES string of the molecule is CNCCc1cccc(-c2ccc(OC)cc2F)c1.Cl. The molecule has 1 N–H and O–H groups in total. The number of nitrogens with one attached hydrogen (secondary N) is 1. The lowest BCUT2D eigenvalue weighted by Gasteiger charge is -2.08. The molecule has 0 aliphatic rings. The van der Waals surface area contributed by atoms with Crippen LogP contribution >= 0.6 is 12.4 Å². The second kappa shape index (κ2) is 7.88. The van der Waals surface area contributed by atoms with Crippen molar-refractivity contribution < 1.29 is 9.13 Å². The minimum absolute atomic E-state index is 0. The monoisotopic (exact) mass is 295 g/mol. The quantitative estimate of drug-likeness (QED) is 0.908. The third-order valence-electron chi connectivity index (χ3n) is 3.08. The minimum atomic E-state index is -0.259. The van der Waals surface area contributed by atoms with E-state index in [2.05, 4.69) is 11.4 Å². The standard InChI is InChI=1S/C16H18FNO.ClH/c1-18-9-8-12-4-3-5-13(10-12)15-7-6-14(19-2)11-16(15)17;/h3-7,10-11,18H,8-9H2,1-2H3;1H. The van der Waals surface area contributed by atoms with Crippen molar-refractivity contribution in [3.05, 3.63) is 53.8 Å². The van der Waals surface area contributed by atoms with Gasteiger partial charge in [-0.15, -0.1) is 12.4 Å². The van der Waals surface area contributed by atoms with Crippen molar-refractivity contribution in [2.75, 3.05) is 20.7 Å². The molecule has 0 bridgehead atoms. The predicted octanol–water partition coefficient (Wildman–Crippen LogP) is 3.69. The molecule has 0 amide bonds. The highest BCUT2D eigenvalue weighted by atomic mass is 35.5. The van der Waals surface area contributed by atoms with Gasteiger partial charge in [-0.1, -0.05) is 24.3 Å². The van der Waals surface area contributed by atoms with E-state index < -0.39 is 0 Å². The van der Waals surface area contributed by atoms with Gasteiger partial charge in [-0.05, 0) is 43.3 Å². The Morgan fingerprint density at radius 1 is 1.15 bits per heavy atom. The lowest BCUT2D eigenvalue weighted by Crippen LogP contribution is -2.10. The molecule has 0 aliphatic heterocycles. The van der Waals surface area contributed by atoms with Crippen molar-refractivity contribution in [3.63, 3.8) is 0 Å². The van der Waals surface area contributed by atoms with Gasteiger partial charge in [-0.3, -0.25) is 0 Å². The molecule has 0 saturated heterocycles. The second-order valence-corrected chi connectivity index (χ2v) is 4.40. The number of methoxy groups -OCH3 is 1. The van der Waals surface area contributed by atoms with E-state index in [0.29, 0.717) is 11.3 Å². The second-order valence-electron chi connectivity index (χ2n) is 4.40. The third kappa shape index (κ3) is 3.95. The van der Waals surface area contributed by atoms with Crippen molar-refractivity contribution >= 4 is 12.4 Å². The summed E-state index contributed by atoms with van der Waals surface area (Å²) in [7, 11) is 3.46. The van der Waals surface area contributed by atoms with Crippen LogP contribution in [0.5, 0.6) is 5.75 Å². The van der Waals surface area contributed by atoms with Crippen LogP contribution in [0.3, 0.4) is 0 Å². The normalized spacial score (nSPS) is 9.95. The Hall–Kier alpha value is -1.58. The van der Waals surface area contributed by atoms with Crippen LogP contribution in [0.15, 0.2) is 42.5 Å². The molecule has 0 heterocycles. The highest BCUT2D eigenvalue weighted by molar-refractivity contribution is 5.85. The summed E-state index contributed by atoms with van der Waals surface area (Å²) in [6, 6.07) is 12.9. The Labute approximate surface area is 125 Å². The molecule has 4 heteroatoms. The Balaban J connectivity index is 0.00000200. The number of hydrogen-bond acceptors (Lipinski definition) is 2. The van der Waals surface area contributed by atoms with Gasteiger partial charge in [-0.25, -0.2) is 4.39 Å². The molecule has 0 fully saturated rings. The molecule has 2 aromatic rings. The molecule has 0 spiro atoms. The zero-order valence-corrected chi connectivity index (χ0v) is 12.5. The first-order valence-electron chi connectivity index (χ1n) is 6.32. The van der Waals surface area contributed by atoms with E-state index in [9.17, 15) is 4.39 Å². The molecule has 0 aliphatic carbocycles. The van der Waals surface area contributed by atoms with Gasteiger partial charge in [0.25, 0.3) is 0 Å². The molecule has 20 heavy (non-hydrogen) atoms. The predicted molar refractivity (Wildman–Crippen MR) is 83.3 cm³/mol. The van der Waals surface area contributed by atoms with Crippen LogP contribution in [-0.2, 0) is 6.42 Å². The smallest absolute Gasteiger partial charge is 0.134 e. The summed E-state index contributed by atoms with van der Waals surface area (Å²) >= 11 is 0. The maximum absolute atomic E-state index is 14.0. The van der Waals surface area contributed by atoms with E-state index in [1.54, 1.807) is 12.1 Å². The molecule has 2 nitrogen and oxygen atoms in total. The fourth-order valence-electron chi connectivity index (χ4n) is 2.02. The number of hydrogen-bond donors (Lipinski definition) is 1. The van der Waals surface area contributed by atoms with Crippen LogP contribution in [0.25, 0.3) is 11.1 Å². The van der Waals surface area contributed by atoms with E-state index in [-0.39, 0.29) is 18.2 Å². The molecule has 0 radical (unpaired) electrons. The Morgan fingerprint density at radius 3 is 2.60 bits per heavy atom. The van der Waals surface area contributed by atoms with E-state index in [0.717, 1.165) is 18.5 Å². The van der Waals surface area contributed by atoms with Gasteiger partial charge in [0, 0.05) is 11.6 Å². The van der Waals surface area contributed by atoms with Gasteiger partial charge in [-0.2, -0.15) is 0 Å². The number of likely N-dealkylation sites (N-methyl/N-ethyl adjacent to an activating group) is 1. The fraction of sp³-hybridized carbons (Fsp3) is 0.250. The van der Waals surface area contributed by atoms with Crippen LogP contribution in [0.2, 0.25) is 0 Å². The van der Waals surface area contributed by atoms with Crippen LogP contribution < -0.4 is 10.1 Å². The van der Waals surface area contributed by atoms with Crippen LogP contribution in [0.4, 0.5) is 4.39 Å². The molecule has 108 valence electrons. The molecular formula is C16H19ClFNO. The molecule has 0 unspecified atom stereocenters. The number of halogens is 2. The molecular weight excluding hydrogens is 277 g/mol. The van der Waals surface area contributed by atoms with E-state index >= 15 is 0 Å². The maximum Gasteiger partial charge on any atom is 0.134 e. The summed E-state index contributed by atoms with van der Waals surface area (Å²) in [5, 5.41) is 3.11. The third-order valence-corrected chi connectivity index (χ3v) is 3.08. The van der Waals surface area contributed by atoms with Crippen molar-refractivity contribution in [3.8, 4) is 16.9 Å². The topological polar surface area (TPSA) is 21.3 Å². The first-order chi connectivity index (χ1) is 9.24. The summed E-state index contributed by atoms with van der Waals surface area (Å²) in [6.45, 7) is 0.911. The summed E-state index contributed by atoms with van der Waals surface area (Å²) < 4.78 is 19.0. The highest BCUT2D eigenvalue weighted by Gasteiger charge is 2.07. The molecule has 2 aromatic carbocycles. The average molecular weight is 296 g/mol. The van der Waals surface area contributed by atoms with Crippen molar-refractivity contribution in [1.29, 1.82) is 0 Å². The van der Waals surface area contributed by atoms with Gasteiger partial charge < -0.3 is 10.1 Å². The summed E-state index contributed by atoms with van der Waals surface area (Å²) in [4.78, 5) is 0. The van der Waals surface area contributed by atoms with Gasteiger partial charge >= 0.3 is 0 Å². The average Bonchev–Trinajstić information content (AvgIpc) is 2.45. The first-order valence-corrected chi connectivity index (χ1v) is 6.32. The summed E-state index contributed by atoms with van der Waals surface area (Å²) in [5.74, 6) is 0.276. The fourth-order valence-corrected chi connectivity index (χ4v) is 2.02. The number of rotatable bonds is 5. The largest absolute Gasteiger partial charge is 0.497 e. The van der Waals surface area contributed by atoms with Crippen LogP contribution in [0, 0.1) is 5.82 Å². The van der Waals surface area contributed by atoms with Gasteiger partial charge in [0.15, 0.2) is 0 Å². The summed E-state index contributed by atoms with van der Waals surface area (Å²) in [6.07, 6.45) is 0.933. The molecule has 0 saturated carbocycles. The van der Waals surface area contributed by atoms with Crippen LogP contribution in [-0.4, -0.2) is 20.7 Å². The minimum Gasteiger partial charge on any atom is -0.497 e. The Kier molecular flexibility index (Phi) is 6.49. The lowest BCUT2D eigenvalue weighted by atomic mass is 10.0. The zero-order chi connectivity index (χ0) is 13.7. The van der Waals surface area contributed by atoms with Crippen molar-refractivity contribution in [1.82, 2.24) is 5.32 Å². The van der Waals surface area contributed by atoms with E-state index in [1.807, 2.05) is 25.2 Å². The van der Waals surface area contributed by atoms with E-state index in [1.165, 1.54) is 18.7 Å². The molecule has 2 rings (SSSR count). The maximum atomic E-state index is 14.0. The highest BCUT2D eigenvalue weighted by Crippen LogP contribution is 2.26. The Morgan fingerprint density at radius 2 is 1.95 bits per heavy atom. The van der Waals surface area contributed by atoms with Crippen molar-refractivity contribution in [2.24, 2.45) is 0 Å². The van der Waals surface area contributed by atoms with Gasteiger partial charge in [0.05, 0.1) is 7.11 Å². The summed E-state index contributed by atoms with van der Waals surface area (Å²) in [5.41, 5.74) is 2.70. The van der Waals surface area contributed by atoms with E-state index in [4.69, 9.17) is 4.74 Å². The first kappa shape index (κ1) is 16.5. The molecule has 0 aromatic heterocycles.